The Balaban J connectivity index is 1.51. The molecule has 0 spiro atoms. The van der Waals surface area contributed by atoms with Gasteiger partial charge in [0.25, 0.3) is 0 Å². The third-order valence-electron chi connectivity index (χ3n) is 3.78. The Hall–Kier alpha value is -2.56. The number of carbonyl (C=O) groups excluding carboxylic acids is 1. The molecule has 0 atom stereocenters. The van der Waals surface area contributed by atoms with E-state index < -0.39 is 0 Å². The average molecular weight is 330 g/mol. The quantitative estimate of drug-likeness (QED) is 0.785. The molecular formula is C19H19FO4. The van der Waals surface area contributed by atoms with Crippen LogP contribution in [0.15, 0.2) is 42.5 Å². The van der Waals surface area contributed by atoms with E-state index in [1.807, 2.05) is 18.2 Å². The van der Waals surface area contributed by atoms with Crippen LogP contribution in [0.3, 0.4) is 0 Å². The van der Waals surface area contributed by atoms with Crippen LogP contribution in [0.1, 0.15) is 24.0 Å². The largest absolute Gasteiger partial charge is 0.490 e. The topological polar surface area (TPSA) is 44.8 Å². The fourth-order valence-corrected chi connectivity index (χ4v) is 2.46. The van der Waals surface area contributed by atoms with Gasteiger partial charge in [-0.05, 0) is 30.2 Å². The molecular weight excluding hydrogens is 311 g/mol. The van der Waals surface area contributed by atoms with E-state index in [0.29, 0.717) is 30.9 Å². The van der Waals surface area contributed by atoms with E-state index in [9.17, 15) is 9.18 Å². The van der Waals surface area contributed by atoms with E-state index in [0.717, 1.165) is 17.7 Å². The van der Waals surface area contributed by atoms with Gasteiger partial charge < -0.3 is 14.2 Å². The van der Waals surface area contributed by atoms with Gasteiger partial charge in [-0.2, -0.15) is 0 Å². The van der Waals surface area contributed by atoms with Gasteiger partial charge in [0.15, 0.2) is 11.5 Å². The van der Waals surface area contributed by atoms with Crippen molar-refractivity contribution in [1.29, 1.82) is 0 Å². The van der Waals surface area contributed by atoms with Crippen molar-refractivity contribution >= 4 is 5.97 Å². The van der Waals surface area contributed by atoms with E-state index in [2.05, 4.69) is 0 Å². The average Bonchev–Trinajstić information content (AvgIpc) is 2.84. The number of ether oxygens (including phenoxy) is 3. The molecule has 0 bridgehead atoms. The van der Waals surface area contributed by atoms with Crippen molar-refractivity contribution in [3.63, 3.8) is 0 Å². The SMILES string of the molecule is O=C(CCc1ccc2c(c1)OCCCO2)OCc1ccccc1F. The van der Waals surface area contributed by atoms with Crippen molar-refractivity contribution in [1.82, 2.24) is 0 Å². The van der Waals surface area contributed by atoms with Crippen LogP contribution in [0.5, 0.6) is 11.5 Å². The Morgan fingerprint density at radius 1 is 1.08 bits per heavy atom. The van der Waals surface area contributed by atoms with Gasteiger partial charge >= 0.3 is 5.97 Å². The molecule has 3 rings (SSSR count). The second-order valence-electron chi connectivity index (χ2n) is 5.58. The van der Waals surface area contributed by atoms with E-state index >= 15 is 0 Å². The number of aryl methyl sites for hydroxylation is 1. The lowest BCUT2D eigenvalue weighted by Crippen LogP contribution is -2.07. The highest BCUT2D eigenvalue weighted by atomic mass is 19.1. The maximum Gasteiger partial charge on any atom is 0.306 e. The zero-order valence-corrected chi connectivity index (χ0v) is 13.3. The molecule has 1 aliphatic heterocycles. The zero-order chi connectivity index (χ0) is 16.8. The first-order valence-electron chi connectivity index (χ1n) is 8.00. The van der Waals surface area contributed by atoms with Crippen molar-refractivity contribution in [3.05, 3.63) is 59.4 Å². The van der Waals surface area contributed by atoms with Gasteiger partial charge in [-0.25, -0.2) is 4.39 Å². The minimum absolute atomic E-state index is 0.0490. The number of hydrogen-bond donors (Lipinski definition) is 0. The predicted molar refractivity (Wildman–Crippen MR) is 86.6 cm³/mol. The van der Waals surface area contributed by atoms with Crippen LogP contribution in [-0.4, -0.2) is 19.2 Å². The molecule has 0 aliphatic carbocycles. The maximum atomic E-state index is 13.5. The van der Waals surface area contributed by atoms with Crippen LogP contribution in [0.4, 0.5) is 4.39 Å². The maximum absolute atomic E-state index is 13.5. The van der Waals surface area contributed by atoms with Crippen molar-refractivity contribution in [3.8, 4) is 11.5 Å². The molecule has 0 unspecified atom stereocenters. The molecule has 2 aromatic carbocycles. The summed E-state index contributed by atoms with van der Waals surface area (Å²) in [6.45, 7) is 1.22. The van der Waals surface area contributed by atoms with Gasteiger partial charge in [0.05, 0.1) is 13.2 Å². The Morgan fingerprint density at radius 3 is 2.71 bits per heavy atom. The Labute approximate surface area is 140 Å². The summed E-state index contributed by atoms with van der Waals surface area (Å²) in [4.78, 5) is 11.8. The highest BCUT2D eigenvalue weighted by Crippen LogP contribution is 2.30. The standard InChI is InChI=1S/C19H19FO4/c20-16-5-2-1-4-15(16)13-24-19(21)9-7-14-6-8-17-18(12-14)23-11-3-10-22-17/h1-2,4-6,8,12H,3,7,9-11,13H2. The number of fused-ring (bicyclic) bond motifs is 1. The number of hydrogen-bond acceptors (Lipinski definition) is 4. The fraction of sp³-hybridized carbons (Fsp3) is 0.316. The van der Waals surface area contributed by atoms with Gasteiger partial charge in [0.2, 0.25) is 0 Å². The zero-order valence-electron chi connectivity index (χ0n) is 13.3. The molecule has 0 fully saturated rings. The minimum Gasteiger partial charge on any atom is -0.490 e. The first-order chi connectivity index (χ1) is 11.7. The second kappa shape index (κ2) is 7.81. The smallest absolute Gasteiger partial charge is 0.306 e. The van der Waals surface area contributed by atoms with Crippen molar-refractivity contribution in [2.45, 2.75) is 25.9 Å². The number of rotatable bonds is 5. The highest BCUT2D eigenvalue weighted by molar-refractivity contribution is 5.69. The van der Waals surface area contributed by atoms with Gasteiger partial charge in [0.1, 0.15) is 12.4 Å². The molecule has 1 heterocycles. The number of halogens is 1. The Morgan fingerprint density at radius 2 is 1.88 bits per heavy atom. The Kier molecular flexibility index (Phi) is 5.31. The summed E-state index contributed by atoms with van der Waals surface area (Å²) in [5.41, 5.74) is 1.35. The van der Waals surface area contributed by atoms with Crippen LogP contribution < -0.4 is 9.47 Å². The summed E-state index contributed by atoms with van der Waals surface area (Å²) >= 11 is 0. The first-order valence-corrected chi connectivity index (χ1v) is 8.00. The van der Waals surface area contributed by atoms with Gasteiger partial charge in [-0.15, -0.1) is 0 Å². The van der Waals surface area contributed by atoms with E-state index in [4.69, 9.17) is 14.2 Å². The molecule has 0 radical (unpaired) electrons. The van der Waals surface area contributed by atoms with Crippen LogP contribution in [0.2, 0.25) is 0 Å². The van der Waals surface area contributed by atoms with Gasteiger partial charge in [-0.3, -0.25) is 4.79 Å². The van der Waals surface area contributed by atoms with Crippen molar-refractivity contribution in [2.24, 2.45) is 0 Å². The lowest BCUT2D eigenvalue weighted by Gasteiger charge is -2.09. The summed E-state index contributed by atoms with van der Waals surface area (Å²) in [5.74, 6) is 0.724. The summed E-state index contributed by atoms with van der Waals surface area (Å²) in [6.07, 6.45) is 1.62. The number of benzene rings is 2. The molecule has 0 aromatic heterocycles. The highest BCUT2D eigenvalue weighted by Gasteiger charge is 2.12. The predicted octanol–water partition coefficient (Wildman–Crippen LogP) is 3.66. The molecule has 0 saturated carbocycles. The molecule has 1 aliphatic rings. The number of carbonyl (C=O) groups is 1. The normalized spacial score (nSPS) is 13.2. The fourth-order valence-electron chi connectivity index (χ4n) is 2.46. The van der Waals surface area contributed by atoms with E-state index in [1.165, 1.54) is 6.07 Å². The third-order valence-corrected chi connectivity index (χ3v) is 3.78. The molecule has 0 amide bonds. The van der Waals surface area contributed by atoms with Crippen molar-refractivity contribution in [2.75, 3.05) is 13.2 Å². The van der Waals surface area contributed by atoms with Crippen LogP contribution >= 0.6 is 0 Å². The molecule has 0 saturated heterocycles. The Bertz CT molecular complexity index is 714. The van der Waals surface area contributed by atoms with Crippen molar-refractivity contribution < 1.29 is 23.4 Å². The monoisotopic (exact) mass is 330 g/mol. The lowest BCUT2D eigenvalue weighted by molar-refractivity contribution is -0.144. The minimum atomic E-state index is -0.367. The summed E-state index contributed by atoms with van der Waals surface area (Å²) in [7, 11) is 0. The lowest BCUT2D eigenvalue weighted by atomic mass is 10.1. The van der Waals surface area contributed by atoms with E-state index in [-0.39, 0.29) is 24.8 Å². The molecule has 126 valence electrons. The van der Waals surface area contributed by atoms with Crippen LogP contribution in [0, 0.1) is 5.82 Å². The van der Waals surface area contributed by atoms with Gasteiger partial charge in [-0.1, -0.05) is 24.3 Å². The second-order valence-corrected chi connectivity index (χ2v) is 5.58. The third kappa shape index (κ3) is 4.25. The number of esters is 1. The van der Waals surface area contributed by atoms with E-state index in [1.54, 1.807) is 18.2 Å². The summed E-state index contributed by atoms with van der Waals surface area (Å²) in [5, 5.41) is 0. The van der Waals surface area contributed by atoms with Crippen LogP contribution in [-0.2, 0) is 22.6 Å². The molecule has 4 nitrogen and oxygen atoms in total. The summed E-state index contributed by atoms with van der Waals surface area (Å²) in [6, 6.07) is 11.9. The summed E-state index contributed by atoms with van der Waals surface area (Å²) < 4.78 is 29.8. The molecule has 24 heavy (non-hydrogen) atoms. The van der Waals surface area contributed by atoms with Crippen LogP contribution in [0.25, 0.3) is 0 Å². The first kappa shape index (κ1) is 16.3. The molecule has 2 aromatic rings. The van der Waals surface area contributed by atoms with Gasteiger partial charge in [0, 0.05) is 18.4 Å². The molecule has 5 heteroatoms. The molecule has 0 N–H and O–H groups in total.